The third-order valence-corrected chi connectivity index (χ3v) is 5.30. The van der Waals surface area contributed by atoms with Crippen LogP contribution < -0.4 is 4.90 Å². The van der Waals surface area contributed by atoms with Crippen LogP contribution in [0.4, 0.5) is 5.82 Å². The van der Waals surface area contributed by atoms with Crippen molar-refractivity contribution in [2.75, 3.05) is 38.2 Å². The largest absolute Gasteiger partial charge is 0.396 e. The van der Waals surface area contributed by atoms with Crippen LogP contribution in [0.2, 0.25) is 0 Å². The number of fused-ring (bicyclic) bond motifs is 1. The first-order chi connectivity index (χ1) is 11.8. The molecule has 1 aliphatic carbocycles. The fourth-order valence-corrected chi connectivity index (χ4v) is 3.60. The summed E-state index contributed by atoms with van der Waals surface area (Å²) in [6.07, 6.45) is 5.54. The molecule has 2 aliphatic rings. The van der Waals surface area contributed by atoms with Gasteiger partial charge in [-0.1, -0.05) is 0 Å². The predicted molar refractivity (Wildman–Crippen MR) is 92.3 cm³/mol. The maximum absolute atomic E-state index is 8.98. The molecule has 1 N–H and O–H groups in total. The molecule has 2 aromatic rings. The van der Waals surface area contributed by atoms with Gasteiger partial charge in [-0.3, -0.25) is 0 Å². The Morgan fingerprint density at radius 3 is 2.67 bits per heavy atom. The van der Waals surface area contributed by atoms with E-state index in [0.29, 0.717) is 12.0 Å². The first-order valence-corrected chi connectivity index (χ1v) is 9.04. The average Bonchev–Trinajstić information content (AvgIpc) is 3.38. The number of aliphatic hydroxyl groups is 1. The fourth-order valence-electron chi connectivity index (χ4n) is 3.60. The maximum Gasteiger partial charge on any atom is 0.178 e. The van der Waals surface area contributed by atoms with E-state index < -0.39 is 0 Å². The molecule has 1 aliphatic heterocycles. The summed E-state index contributed by atoms with van der Waals surface area (Å²) in [4.78, 5) is 4.75. The lowest BCUT2D eigenvalue weighted by Gasteiger charge is -2.37. The highest BCUT2D eigenvalue weighted by atomic mass is 16.3. The molecule has 0 atom stereocenters. The first-order valence-electron chi connectivity index (χ1n) is 9.04. The Hall–Kier alpha value is -1.73. The van der Waals surface area contributed by atoms with Crippen LogP contribution in [0.15, 0.2) is 12.1 Å². The van der Waals surface area contributed by atoms with Gasteiger partial charge in [0.25, 0.3) is 0 Å². The van der Waals surface area contributed by atoms with Gasteiger partial charge in [0.1, 0.15) is 5.82 Å². The molecule has 0 aromatic carbocycles. The molecule has 0 amide bonds. The molecule has 7 nitrogen and oxygen atoms in total. The zero-order chi connectivity index (χ0) is 16.5. The summed E-state index contributed by atoms with van der Waals surface area (Å²) in [6.45, 7) is 3.28. The van der Waals surface area contributed by atoms with Gasteiger partial charge in [-0.15, -0.1) is 15.3 Å². The fraction of sp³-hybridized carbons (Fsp3) is 0.706. The number of aromatic nitrogens is 4. The Kier molecular flexibility index (Phi) is 4.37. The molecule has 1 saturated heterocycles. The smallest absolute Gasteiger partial charge is 0.178 e. The molecule has 24 heavy (non-hydrogen) atoms. The van der Waals surface area contributed by atoms with Gasteiger partial charge in [0.05, 0.1) is 0 Å². The lowest BCUT2D eigenvalue weighted by Crippen LogP contribution is -2.44. The lowest BCUT2D eigenvalue weighted by molar-refractivity contribution is 0.184. The van der Waals surface area contributed by atoms with Gasteiger partial charge < -0.3 is 14.9 Å². The van der Waals surface area contributed by atoms with Crippen LogP contribution >= 0.6 is 0 Å². The molecule has 0 unspecified atom stereocenters. The number of aliphatic hydroxyl groups excluding tert-OH is 1. The lowest BCUT2D eigenvalue weighted by atomic mass is 10.0. The molecular formula is C17H26N6O. The second-order valence-corrected chi connectivity index (χ2v) is 7.07. The summed E-state index contributed by atoms with van der Waals surface area (Å²) in [5.41, 5.74) is 0.847. The molecule has 7 heteroatoms. The van der Waals surface area contributed by atoms with Crippen LogP contribution in [0, 0.1) is 0 Å². The molecule has 0 radical (unpaired) electrons. The van der Waals surface area contributed by atoms with Crippen LogP contribution in [-0.2, 0) is 0 Å². The normalized spacial score (nSPS) is 19.5. The van der Waals surface area contributed by atoms with E-state index in [1.807, 2.05) is 10.6 Å². The van der Waals surface area contributed by atoms with Crippen molar-refractivity contribution in [1.29, 1.82) is 0 Å². The monoisotopic (exact) mass is 330 g/mol. The molecule has 2 aromatic heterocycles. The van der Waals surface area contributed by atoms with Gasteiger partial charge in [0, 0.05) is 38.2 Å². The Labute approximate surface area is 142 Å². The van der Waals surface area contributed by atoms with Crippen molar-refractivity contribution in [3.63, 3.8) is 0 Å². The van der Waals surface area contributed by atoms with Crippen molar-refractivity contribution in [2.24, 2.45) is 0 Å². The van der Waals surface area contributed by atoms with Crippen molar-refractivity contribution in [1.82, 2.24) is 24.7 Å². The van der Waals surface area contributed by atoms with Crippen LogP contribution in [-0.4, -0.2) is 69.1 Å². The number of hydrogen-bond donors (Lipinski definition) is 1. The van der Waals surface area contributed by atoms with Gasteiger partial charge in [-0.25, -0.2) is 0 Å². The van der Waals surface area contributed by atoms with E-state index in [4.69, 9.17) is 10.2 Å². The van der Waals surface area contributed by atoms with Crippen molar-refractivity contribution in [3.8, 4) is 0 Å². The van der Waals surface area contributed by atoms with Crippen LogP contribution in [0.1, 0.15) is 43.8 Å². The quantitative estimate of drug-likeness (QED) is 0.860. The molecule has 4 rings (SSSR count). The summed E-state index contributed by atoms with van der Waals surface area (Å²) in [5, 5.41) is 22.3. The zero-order valence-corrected chi connectivity index (χ0v) is 14.3. The van der Waals surface area contributed by atoms with E-state index in [-0.39, 0.29) is 6.61 Å². The van der Waals surface area contributed by atoms with Crippen LogP contribution in [0.5, 0.6) is 0 Å². The molecule has 2 fully saturated rings. The van der Waals surface area contributed by atoms with Crippen molar-refractivity contribution < 1.29 is 5.11 Å². The minimum Gasteiger partial charge on any atom is -0.396 e. The average molecular weight is 330 g/mol. The Bertz CT molecular complexity index is 689. The number of nitrogens with zero attached hydrogens (tertiary/aromatic N) is 6. The first kappa shape index (κ1) is 15.8. The number of piperidine rings is 1. The van der Waals surface area contributed by atoms with Crippen molar-refractivity contribution in [3.05, 3.63) is 18.0 Å². The third kappa shape index (κ3) is 3.10. The SMILES string of the molecule is CN(CCCO)C1CCN(c2ccc3nnc(C4CC4)n3n2)CC1. The van der Waals surface area contributed by atoms with E-state index >= 15 is 0 Å². The summed E-state index contributed by atoms with van der Waals surface area (Å²) in [7, 11) is 2.17. The topological polar surface area (TPSA) is 69.8 Å². The van der Waals surface area contributed by atoms with E-state index in [9.17, 15) is 0 Å². The highest BCUT2D eigenvalue weighted by molar-refractivity contribution is 5.46. The van der Waals surface area contributed by atoms with E-state index in [1.165, 1.54) is 12.8 Å². The molecule has 1 saturated carbocycles. The second kappa shape index (κ2) is 6.64. The summed E-state index contributed by atoms with van der Waals surface area (Å²) >= 11 is 0. The van der Waals surface area contributed by atoms with Gasteiger partial charge >= 0.3 is 0 Å². The van der Waals surface area contributed by atoms with Crippen molar-refractivity contribution in [2.45, 2.75) is 44.1 Å². The molecular weight excluding hydrogens is 304 g/mol. The molecule has 3 heterocycles. The predicted octanol–water partition coefficient (Wildman–Crippen LogP) is 1.28. The van der Waals surface area contributed by atoms with Gasteiger partial charge in [0.2, 0.25) is 0 Å². The van der Waals surface area contributed by atoms with E-state index in [0.717, 1.165) is 56.2 Å². The van der Waals surface area contributed by atoms with E-state index in [1.54, 1.807) is 0 Å². The molecule has 130 valence electrons. The van der Waals surface area contributed by atoms with E-state index in [2.05, 4.69) is 33.1 Å². The summed E-state index contributed by atoms with van der Waals surface area (Å²) in [5.74, 6) is 2.60. The van der Waals surface area contributed by atoms with Crippen molar-refractivity contribution >= 4 is 11.5 Å². The van der Waals surface area contributed by atoms with Crippen LogP contribution in [0.3, 0.4) is 0 Å². The molecule has 0 spiro atoms. The molecule has 0 bridgehead atoms. The van der Waals surface area contributed by atoms with Gasteiger partial charge in [-0.2, -0.15) is 4.52 Å². The number of rotatable bonds is 6. The summed E-state index contributed by atoms with van der Waals surface area (Å²) in [6, 6.07) is 4.70. The standard InChI is InChI=1S/C17H26N6O/c1-21(9-2-12-24)14-7-10-22(11-8-14)16-6-5-15-18-19-17(13-3-4-13)23(15)20-16/h5-6,13-14,24H,2-4,7-12H2,1H3. The summed E-state index contributed by atoms with van der Waals surface area (Å²) < 4.78 is 1.94. The van der Waals surface area contributed by atoms with Crippen LogP contribution in [0.25, 0.3) is 5.65 Å². The van der Waals surface area contributed by atoms with Gasteiger partial charge in [0.15, 0.2) is 11.5 Å². The Balaban J connectivity index is 1.43. The highest BCUT2D eigenvalue weighted by Gasteiger charge is 2.30. The van der Waals surface area contributed by atoms with Gasteiger partial charge in [-0.05, 0) is 51.3 Å². The minimum atomic E-state index is 0.273. The number of anilines is 1. The minimum absolute atomic E-state index is 0.273. The Morgan fingerprint density at radius 1 is 1.17 bits per heavy atom. The Morgan fingerprint density at radius 2 is 1.96 bits per heavy atom. The second-order valence-electron chi connectivity index (χ2n) is 7.07. The zero-order valence-electron chi connectivity index (χ0n) is 14.3. The maximum atomic E-state index is 8.98. The number of hydrogen-bond acceptors (Lipinski definition) is 6. The highest BCUT2D eigenvalue weighted by Crippen LogP contribution is 2.38. The third-order valence-electron chi connectivity index (χ3n) is 5.30.